The molecule has 0 bridgehead atoms. The standard InChI is InChI=1S/C15H21N5O2S/c1-2-3-8-20-14(22)12(13(21)18-15(20)23)10-16-5-4-7-19-9-6-17-11-19/h6,9-11,22H,2-5,7-8H2,1H3,(H,18,21,23). The number of hydrogen-bond donors (Lipinski definition) is 2. The molecule has 0 fully saturated rings. The molecule has 0 aliphatic carbocycles. The molecule has 2 heterocycles. The summed E-state index contributed by atoms with van der Waals surface area (Å²) in [5.41, 5.74) is -0.268. The molecule has 2 N–H and O–H groups in total. The van der Waals surface area contributed by atoms with Gasteiger partial charge in [0.05, 0.1) is 6.33 Å². The predicted molar refractivity (Wildman–Crippen MR) is 91.8 cm³/mol. The van der Waals surface area contributed by atoms with E-state index < -0.39 is 5.56 Å². The van der Waals surface area contributed by atoms with Gasteiger partial charge in [-0.15, -0.1) is 0 Å². The van der Waals surface area contributed by atoms with Crippen LogP contribution in [0.3, 0.4) is 0 Å². The van der Waals surface area contributed by atoms with Crippen molar-refractivity contribution in [1.29, 1.82) is 0 Å². The van der Waals surface area contributed by atoms with Crippen LogP contribution in [0.4, 0.5) is 0 Å². The Morgan fingerprint density at radius 1 is 1.43 bits per heavy atom. The zero-order valence-corrected chi connectivity index (χ0v) is 13.9. The second-order valence-corrected chi connectivity index (χ2v) is 5.58. The van der Waals surface area contributed by atoms with Crippen LogP contribution in [0.5, 0.6) is 5.88 Å². The van der Waals surface area contributed by atoms with Crippen LogP contribution in [-0.4, -0.2) is 37.0 Å². The minimum absolute atomic E-state index is 0.120. The van der Waals surface area contributed by atoms with E-state index in [4.69, 9.17) is 12.2 Å². The van der Waals surface area contributed by atoms with Crippen molar-refractivity contribution in [3.05, 3.63) is 39.4 Å². The number of aryl methyl sites for hydroxylation is 1. The van der Waals surface area contributed by atoms with E-state index in [1.807, 2.05) is 10.8 Å². The van der Waals surface area contributed by atoms with Gasteiger partial charge in [0.1, 0.15) is 5.56 Å². The number of aromatic amines is 1. The van der Waals surface area contributed by atoms with Crippen molar-refractivity contribution in [2.45, 2.75) is 39.3 Å². The highest BCUT2D eigenvalue weighted by molar-refractivity contribution is 7.71. The molecule has 0 aromatic carbocycles. The SMILES string of the molecule is CCCCn1c(O)c(C=NCCCn2ccnc2)c(=O)[nH]c1=S. The van der Waals surface area contributed by atoms with Gasteiger partial charge in [0.25, 0.3) is 5.56 Å². The molecule has 0 radical (unpaired) electrons. The number of nitrogens with zero attached hydrogens (tertiary/aromatic N) is 4. The molecule has 2 rings (SSSR count). The number of aliphatic imine (C=N–C) groups is 1. The van der Waals surface area contributed by atoms with Crippen molar-refractivity contribution in [2.75, 3.05) is 6.54 Å². The van der Waals surface area contributed by atoms with E-state index in [9.17, 15) is 9.90 Å². The van der Waals surface area contributed by atoms with E-state index in [1.54, 1.807) is 12.5 Å². The Labute approximate surface area is 139 Å². The fraction of sp³-hybridized carbons (Fsp3) is 0.467. The molecule has 0 amide bonds. The number of aromatic nitrogens is 4. The summed E-state index contributed by atoms with van der Waals surface area (Å²) in [7, 11) is 0. The Morgan fingerprint density at radius 3 is 2.96 bits per heavy atom. The van der Waals surface area contributed by atoms with Crippen LogP contribution in [0.15, 0.2) is 28.5 Å². The number of nitrogens with one attached hydrogen (secondary N) is 1. The van der Waals surface area contributed by atoms with E-state index in [2.05, 4.69) is 21.9 Å². The Morgan fingerprint density at radius 2 is 2.26 bits per heavy atom. The molecule has 7 nitrogen and oxygen atoms in total. The van der Waals surface area contributed by atoms with Gasteiger partial charge in [0.2, 0.25) is 5.88 Å². The lowest BCUT2D eigenvalue weighted by Gasteiger charge is -2.10. The van der Waals surface area contributed by atoms with Gasteiger partial charge in [-0.1, -0.05) is 13.3 Å². The quantitative estimate of drug-likeness (QED) is 0.439. The highest BCUT2D eigenvalue weighted by atomic mass is 32.1. The lowest BCUT2D eigenvalue weighted by molar-refractivity contribution is 0.398. The number of rotatable bonds is 8. The first-order valence-electron chi connectivity index (χ1n) is 7.65. The minimum Gasteiger partial charge on any atom is -0.494 e. The second kappa shape index (κ2) is 8.42. The summed E-state index contributed by atoms with van der Waals surface area (Å²) < 4.78 is 3.73. The van der Waals surface area contributed by atoms with Gasteiger partial charge in [-0.05, 0) is 25.1 Å². The number of unbranched alkanes of at least 4 members (excludes halogenated alkanes) is 1. The first-order valence-corrected chi connectivity index (χ1v) is 8.06. The van der Waals surface area contributed by atoms with Crippen molar-refractivity contribution >= 4 is 18.4 Å². The van der Waals surface area contributed by atoms with Crippen molar-refractivity contribution in [3.8, 4) is 5.88 Å². The largest absolute Gasteiger partial charge is 0.494 e. The topological polar surface area (TPSA) is 88.2 Å². The maximum atomic E-state index is 11.9. The van der Waals surface area contributed by atoms with Gasteiger partial charge in [-0.3, -0.25) is 19.3 Å². The Bertz CT molecular complexity index is 761. The maximum absolute atomic E-state index is 11.9. The average molecular weight is 335 g/mol. The molecule has 2 aromatic heterocycles. The van der Waals surface area contributed by atoms with Gasteiger partial charge in [-0.25, -0.2) is 4.98 Å². The highest BCUT2D eigenvalue weighted by Crippen LogP contribution is 2.12. The van der Waals surface area contributed by atoms with Crippen LogP contribution < -0.4 is 5.56 Å². The number of aromatic hydroxyl groups is 1. The smallest absolute Gasteiger partial charge is 0.264 e. The molecule has 2 aromatic rings. The summed E-state index contributed by atoms with van der Waals surface area (Å²) in [4.78, 5) is 22.7. The fourth-order valence-electron chi connectivity index (χ4n) is 2.13. The van der Waals surface area contributed by atoms with Gasteiger partial charge in [0, 0.05) is 38.2 Å². The normalized spacial score (nSPS) is 11.3. The van der Waals surface area contributed by atoms with Crippen LogP contribution in [0, 0.1) is 4.77 Å². The molecule has 0 atom stereocenters. The van der Waals surface area contributed by atoms with Crippen molar-refractivity contribution < 1.29 is 5.11 Å². The van der Waals surface area contributed by atoms with E-state index in [0.29, 0.717) is 13.1 Å². The van der Waals surface area contributed by atoms with Crippen molar-refractivity contribution in [2.24, 2.45) is 4.99 Å². The molecule has 0 saturated heterocycles. The van der Waals surface area contributed by atoms with Crippen LogP contribution >= 0.6 is 12.2 Å². The third-order valence-corrected chi connectivity index (χ3v) is 3.75. The summed E-state index contributed by atoms with van der Waals surface area (Å²) in [6, 6.07) is 0. The lowest BCUT2D eigenvalue weighted by atomic mass is 10.3. The van der Waals surface area contributed by atoms with Crippen LogP contribution in [0.2, 0.25) is 0 Å². The fourth-order valence-corrected chi connectivity index (χ4v) is 2.40. The Hall–Kier alpha value is -2.22. The van der Waals surface area contributed by atoms with E-state index in [-0.39, 0.29) is 16.2 Å². The third kappa shape index (κ3) is 4.62. The van der Waals surface area contributed by atoms with Crippen LogP contribution in [0.25, 0.3) is 0 Å². The molecule has 0 aliphatic rings. The minimum atomic E-state index is -0.418. The summed E-state index contributed by atoms with van der Waals surface area (Å²) >= 11 is 5.09. The second-order valence-electron chi connectivity index (χ2n) is 5.19. The van der Waals surface area contributed by atoms with E-state index in [0.717, 1.165) is 25.8 Å². The lowest BCUT2D eigenvalue weighted by Crippen LogP contribution is -2.19. The Balaban J connectivity index is 2.04. The van der Waals surface area contributed by atoms with Gasteiger partial charge < -0.3 is 9.67 Å². The first-order chi connectivity index (χ1) is 11.1. The molecule has 0 aliphatic heterocycles. The molecule has 0 unspecified atom stereocenters. The highest BCUT2D eigenvalue weighted by Gasteiger charge is 2.10. The summed E-state index contributed by atoms with van der Waals surface area (Å²) in [5, 5.41) is 10.3. The first kappa shape index (κ1) is 17.1. The van der Waals surface area contributed by atoms with Gasteiger partial charge in [-0.2, -0.15) is 0 Å². The number of H-pyrrole nitrogens is 1. The maximum Gasteiger partial charge on any atom is 0.264 e. The molecule has 0 saturated carbocycles. The van der Waals surface area contributed by atoms with Crippen molar-refractivity contribution in [3.63, 3.8) is 0 Å². The van der Waals surface area contributed by atoms with Crippen LogP contribution in [-0.2, 0) is 13.1 Å². The third-order valence-electron chi connectivity index (χ3n) is 3.43. The zero-order chi connectivity index (χ0) is 16.7. The van der Waals surface area contributed by atoms with E-state index >= 15 is 0 Å². The van der Waals surface area contributed by atoms with Crippen LogP contribution in [0.1, 0.15) is 31.7 Å². The molecule has 23 heavy (non-hydrogen) atoms. The monoisotopic (exact) mass is 335 g/mol. The molecule has 124 valence electrons. The predicted octanol–water partition coefficient (Wildman–Crippen LogP) is 2.12. The zero-order valence-electron chi connectivity index (χ0n) is 13.1. The van der Waals surface area contributed by atoms with E-state index in [1.165, 1.54) is 10.8 Å². The van der Waals surface area contributed by atoms with Gasteiger partial charge >= 0.3 is 0 Å². The average Bonchev–Trinajstić information content (AvgIpc) is 3.03. The summed E-state index contributed by atoms with van der Waals surface area (Å²) in [6.07, 6.45) is 9.44. The number of imidazole rings is 1. The molecular formula is C15H21N5O2S. The van der Waals surface area contributed by atoms with Crippen molar-refractivity contribution in [1.82, 2.24) is 19.1 Å². The molecular weight excluding hydrogens is 314 g/mol. The van der Waals surface area contributed by atoms with Gasteiger partial charge in [0.15, 0.2) is 4.77 Å². The Kier molecular flexibility index (Phi) is 6.28. The molecule has 0 spiro atoms. The molecule has 8 heteroatoms. The summed E-state index contributed by atoms with van der Waals surface area (Å²) in [6.45, 7) is 3.98. The summed E-state index contributed by atoms with van der Waals surface area (Å²) in [5.74, 6) is -0.120. The number of hydrogen-bond acceptors (Lipinski definition) is 5.